The van der Waals surface area contributed by atoms with Crippen LogP contribution in [0.4, 0.5) is 11.4 Å². The summed E-state index contributed by atoms with van der Waals surface area (Å²) in [4.78, 5) is 22.5. The number of anilines is 1. The Morgan fingerprint density at radius 3 is 2.77 bits per heavy atom. The largest absolute Gasteiger partial charge is 0.506 e. The number of benzene rings is 2. The highest BCUT2D eigenvalue weighted by Crippen LogP contribution is 2.27. The van der Waals surface area contributed by atoms with Gasteiger partial charge in [0.15, 0.2) is 5.11 Å². The van der Waals surface area contributed by atoms with Crippen molar-refractivity contribution in [3.05, 3.63) is 58.1 Å². The molecule has 0 radical (unpaired) electrons. The summed E-state index contributed by atoms with van der Waals surface area (Å²) in [7, 11) is 0. The smallest absolute Gasteiger partial charge is 0.271 e. The van der Waals surface area contributed by atoms with E-state index in [1.54, 1.807) is 24.3 Å². The van der Waals surface area contributed by atoms with Crippen LogP contribution in [0.15, 0.2) is 42.5 Å². The zero-order valence-electron chi connectivity index (χ0n) is 13.9. The summed E-state index contributed by atoms with van der Waals surface area (Å²) in [6, 6.07) is 10.0. The van der Waals surface area contributed by atoms with E-state index in [1.807, 2.05) is 6.92 Å². The van der Waals surface area contributed by atoms with Crippen LogP contribution in [0.5, 0.6) is 11.5 Å². The molecule has 1 amide bonds. The van der Waals surface area contributed by atoms with Gasteiger partial charge in [-0.1, -0.05) is 13.0 Å². The van der Waals surface area contributed by atoms with E-state index in [2.05, 4.69) is 10.6 Å². The lowest BCUT2D eigenvalue weighted by atomic mass is 10.2. The fourth-order valence-corrected chi connectivity index (χ4v) is 2.22. The summed E-state index contributed by atoms with van der Waals surface area (Å²) in [5.74, 6) is -0.147. The minimum Gasteiger partial charge on any atom is -0.506 e. The molecule has 8 nitrogen and oxygen atoms in total. The van der Waals surface area contributed by atoms with Crippen molar-refractivity contribution >= 4 is 34.6 Å². The van der Waals surface area contributed by atoms with Crippen LogP contribution in [0.25, 0.3) is 0 Å². The van der Waals surface area contributed by atoms with Gasteiger partial charge >= 0.3 is 0 Å². The van der Waals surface area contributed by atoms with Crippen molar-refractivity contribution in [1.29, 1.82) is 0 Å². The number of phenolic OH excluding ortho intramolecular Hbond substituents is 1. The maximum Gasteiger partial charge on any atom is 0.271 e. The van der Waals surface area contributed by atoms with Crippen LogP contribution in [0.3, 0.4) is 0 Å². The third-order valence-electron chi connectivity index (χ3n) is 3.24. The number of hydrogen-bond donors (Lipinski definition) is 3. The Morgan fingerprint density at radius 2 is 2.08 bits per heavy atom. The summed E-state index contributed by atoms with van der Waals surface area (Å²) in [5.41, 5.74) is 0.135. The van der Waals surface area contributed by atoms with E-state index in [0.29, 0.717) is 17.9 Å². The topological polar surface area (TPSA) is 114 Å². The van der Waals surface area contributed by atoms with Gasteiger partial charge in [-0.3, -0.25) is 20.2 Å². The lowest BCUT2D eigenvalue weighted by molar-refractivity contribution is -0.384. The fraction of sp³-hybridized carbons (Fsp3) is 0.176. The quantitative estimate of drug-likeness (QED) is 0.307. The molecule has 0 aliphatic carbocycles. The van der Waals surface area contributed by atoms with Crippen molar-refractivity contribution in [3.8, 4) is 11.5 Å². The molecule has 0 atom stereocenters. The first-order valence-corrected chi connectivity index (χ1v) is 8.14. The molecule has 3 N–H and O–H groups in total. The summed E-state index contributed by atoms with van der Waals surface area (Å²) in [6.45, 7) is 2.51. The van der Waals surface area contributed by atoms with Gasteiger partial charge in [-0.25, -0.2) is 0 Å². The second-order valence-corrected chi connectivity index (χ2v) is 5.65. The van der Waals surface area contributed by atoms with Crippen LogP contribution in [-0.4, -0.2) is 27.7 Å². The number of nitrogens with one attached hydrogen (secondary N) is 2. The highest BCUT2D eigenvalue weighted by atomic mass is 32.1. The number of ether oxygens (including phenoxy) is 1. The number of thiocarbonyl (C=S) groups is 1. The van der Waals surface area contributed by atoms with Gasteiger partial charge in [-0.15, -0.1) is 0 Å². The molecule has 0 aliphatic heterocycles. The Hall–Kier alpha value is -3.20. The molecule has 0 saturated heterocycles. The molecule has 2 aromatic carbocycles. The highest BCUT2D eigenvalue weighted by Gasteiger charge is 2.13. The van der Waals surface area contributed by atoms with Crippen LogP contribution in [-0.2, 0) is 0 Å². The Labute approximate surface area is 154 Å². The van der Waals surface area contributed by atoms with Crippen LogP contribution < -0.4 is 15.4 Å². The van der Waals surface area contributed by atoms with E-state index >= 15 is 0 Å². The molecule has 0 saturated carbocycles. The molecule has 9 heteroatoms. The van der Waals surface area contributed by atoms with E-state index in [9.17, 15) is 20.0 Å². The van der Waals surface area contributed by atoms with Crippen molar-refractivity contribution < 1.29 is 19.6 Å². The first-order chi connectivity index (χ1) is 12.4. The molecule has 0 aromatic heterocycles. The predicted molar refractivity (Wildman–Crippen MR) is 101 cm³/mol. The first kappa shape index (κ1) is 19.1. The average Bonchev–Trinajstić information content (AvgIpc) is 2.61. The standard InChI is InChI=1S/C17H17N3O5S/c1-2-8-25-13-5-3-4-11(9-13)16(22)19-17(26)18-14-10-12(20(23)24)6-7-15(14)21/h3-7,9-10,21H,2,8H2,1H3,(H2,18,19,22,26). The van der Waals surface area contributed by atoms with Gasteiger partial charge in [0, 0.05) is 17.7 Å². The molecule has 0 heterocycles. The number of carbonyl (C=O) groups excluding carboxylic acids is 1. The van der Waals surface area contributed by atoms with Gasteiger partial charge < -0.3 is 15.2 Å². The molecule has 0 fully saturated rings. The Morgan fingerprint density at radius 1 is 1.31 bits per heavy atom. The second kappa shape index (κ2) is 8.77. The minimum atomic E-state index is -0.603. The van der Waals surface area contributed by atoms with Crippen molar-refractivity contribution in [3.63, 3.8) is 0 Å². The maximum absolute atomic E-state index is 12.3. The van der Waals surface area contributed by atoms with Gasteiger partial charge in [0.05, 0.1) is 17.2 Å². The van der Waals surface area contributed by atoms with Crippen molar-refractivity contribution in [2.45, 2.75) is 13.3 Å². The maximum atomic E-state index is 12.3. The lowest BCUT2D eigenvalue weighted by Gasteiger charge is -2.11. The number of rotatable bonds is 6. The Balaban J connectivity index is 2.05. The minimum absolute atomic E-state index is 0.0181. The molecule has 2 rings (SSSR count). The van der Waals surface area contributed by atoms with Crippen molar-refractivity contribution in [2.75, 3.05) is 11.9 Å². The number of hydrogen-bond acceptors (Lipinski definition) is 6. The fourth-order valence-electron chi connectivity index (χ4n) is 2.01. The average molecular weight is 375 g/mol. The lowest BCUT2D eigenvalue weighted by Crippen LogP contribution is -2.34. The van der Waals surface area contributed by atoms with Crippen LogP contribution in [0.2, 0.25) is 0 Å². The number of amides is 1. The molecule has 0 unspecified atom stereocenters. The number of aromatic hydroxyl groups is 1. The number of nitro groups is 1. The summed E-state index contributed by atoms with van der Waals surface area (Å²) in [6.07, 6.45) is 0.844. The number of non-ortho nitro benzene ring substituents is 1. The van der Waals surface area contributed by atoms with E-state index in [1.165, 1.54) is 6.07 Å². The molecule has 136 valence electrons. The zero-order valence-corrected chi connectivity index (χ0v) is 14.7. The van der Waals surface area contributed by atoms with Gasteiger partial charge in [0.25, 0.3) is 11.6 Å². The molecule has 2 aromatic rings. The summed E-state index contributed by atoms with van der Waals surface area (Å²) in [5, 5.41) is 25.5. The third-order valence-corrected chi connectivity index (χ3v) is 3.44. The zero-order chi connectivity index (χ0) is 19.1. The van der Waals surface area contributed by atoms with Crippen LogP contribution in [0, 0.1) is 10.1 Å². The number of phenols is 1. The summed E-state index contributed by atoms with van der Waals surface area (Å²) >= 11 is 5.03. The predicted octanol–water partition coefficient (Wildman–Crippen LogP) is 3.22. The number of nitrogens with zero attached hydrogens (tertiary/aromatic N) is 1. The van der Waals surface area contributed by atoms with Crippen molar-refractivity contribution in [2.24, 2.45) is 0 Å². The van der Waals surface area contributed by atoms with Gasteiger partial charge in [0.2, 0.25) is 0 Å². The number of carbonyl (C=O) groups is 1. The van der Waals surface area contributed by atoms with E-state index in [4.69, 9.17) is 17.0 Å². The summed E-state index contributed by atoms with van der Waals surface area (Å²) < 4.78 is 5.47. The van der Waals surface area contributed by atoms with E-state index in [0.717, 1.165) is 18.6 Å². The van der Waals surface area contributed by atoms with Crippen molar-refractivity contribution in [1.82, 2.24) is 5.32 Å². The SMILES string of the molecule is CCCOc1cccc(C(=O)NC(=S)Nc2cc([N+](=O)[O-])ccc2O)c1. The van der Waals surface area contributed by atoms with Crippen LogP contribution in [0.1, 0.15) is 23.7 Å². The van der Waals surface area contributed by atoms with Crippen LogP contribution >= 0.6 is 12.2 Å². The van der Waals surface area contributed by atoms with Gasteiger partial charge in [-0.2, -0.15) is 0 Å². The molecule has 0 aliphatic rings. The Kier molecular flexibility index (Phi) is 6.45. The Bertz CT molecular complexity index is 841. The molecular weight excluding hydrogens is 358 g/mol. The first-order valence-electron chi connectivity index (χ1n) is 7.73. The van der Waals surface area contributed by atoms with E-state index in [-0.39, 0.29) is 22.2 Å². The van der Waals surface area contributed by atoms with Gasteiger partial charge in [-0.05, 0) is 42.9 Å². The molecule has 0 spiro atoms. The second-order valence-electron chi connectivity index (χ2n) is 5.24. The molecule has 26 heavy (non-hydrogen) atoms. The van der Waals surface area contributed by atoms with E-state index < -0.39 is 10.8 Å². The normalized spacial score (nSPS) is 10.0. The number of nitro benzene ring substituents is 1. The molecule has 0 bridgehead atoms. The third kappa shape index (κ3) is 5.15. The molecular formula is C17H17N3O5S. The van der Waals surface area contributed by atoms with Gasteiger partial charge in [0.1, 0.15) is 11.5 Å². The highest BCUT2D eigenvalue weighted by molar-refractivity contribution is 7.80. The monoisotopic (exact) mass is 375 g/mol.